The Morgan fingerprint density at radius 2 is 1.95 bits per heavy atom. The van der Waals surface area contributed by atoms with Crippen molar-refractivity contribution in [1.29, 1.82) is 0 Å². The molecule has 0 fully saturated rings. The standard InChI is InChI=1S/C14H17N3O3/c1-14(8-18,9-19)16-13(20)12-7-15-10-17(12)11-5-3-2-4-6-11/h2-7,10,18-19H,8-9H2,1H3,(H,16,20). The highest BCUT2D eigenvalue weighted by Gasteiger charge is 2.26. The van der Waals surface area contributed by atoms with Gasteiger partial charge in [-0.25, -0.2) is 4.98 Å². The number of nitrogens with one attached hydrogen (secondary N) is 1. The second-order valence-electron chi connectivity index (χ2n) is 4.82. The van der Waals surface area contributed by atoms with Gasteiger partial charge in [0, 0.05) is 5.69 Å². The van der Waals surface area contributed by atoms with Crippen molar-refractivity contribution < 1.29 is 15.0 Å². The number of nitrogens with zero attached hydrogens (tertiary/aromatic N) is 2. The topological polar surface area (TPSA) is 87.4 Å². The first-order valence-electron chi connectivity index (χ1n) is 6.21. The van der Waals surface area contributed by atoms with Crippen molar-refractivity contribution in [2.24, 2.45) is 0 Å². The van der Waals surface area contributed by atoms with E-state index < -0.39 is 11.4 Å². The van der Waals surface area contributed by atoms with Crippen LogP contribution in [0.1, 0.15) is 17.4 Å². The molecule has 0 atom stereocenters. The van der Waals surface area contributed by atoms with Gasteiger partial charge in [0.25, 0.3) is 5.91 Å². The zero-order valence-electron chi connectivity index (χ0n) is 11.2. The summed E-state index contributed by atoms with van der Waals surface area (Å²) >= 11 is 0. The van der Waals surface area contributed by atoms with Crippen molar-refractivity contribution in [2.75, 3.05) is 13.2 Å². The Kier molecular flexibility index (Phi) is 4.16. The molecule has 0 unspecified atom stereocenters. The summed E-state index contributed by atoms with van der Waals surface area (Å²) in [6, 6.07) is 9.32. The normalized spacial score (nSPS) is 11.3. The highest BCUT2D eigenvalue weighted by Crippen LogP contribution is 2.12. The molecule has 0 spiro atoms. The highest BCUT2D eigenvalue weighted by atomic mass is 16.3. The van der Waals surface area contributed by atoms with Gasteiger partial charge in [-0.1, -0.05) is 18.2 Å². The molecule has 0 saturated carbocycles. The third kappa shape index (κ3) is 2.87. The van der Waals surface area contributed by atoms with Gasteiger partial charge in [0.05, 0.1) is 31.3 Å². The van der Waals surface area contributed by atoms with Gasteiger partial charge in [-0.2, -0.15) is 0 Å². The predicted octanol–water partition coefficient (Wildman–Crippen LogP) is 0.345. The maximum Gasteiger partial charge on any atom is 0.270 e. The molecule has 1 heterocycles. The summed E-state index contributed by atoms with van der Waals surface area (Å²) in [7, 11) is 0. The zero-order valence-corrected chi connectivity index (χ0v) is 11.2. The van der Waals surface area contributed by atoms with Crippen LogP contribution < -0.4 is 5.32 Å². The molecule has 0 radical (unpaired) electrons. The maximum absolute atomic E-state index is 12.2. The number of aromatic nitrogens is 2. The number of rotatable bonds is 5. The number of carbonyl (C=O) groups is 1. The van der Waals surface area contributed by atoms with E-state index in [0.29, 0.717) is 5.69 Å². The van der Waals surface area contributed by atoms with Gasteiger partial charge in [0.2, 0.25) is 0 Å². The first kappa shape index (κ1) is 14.2. The smallest absolute Gasteiger partial charge is 0.270 e. The van der Waals surface area contributed by atoms with Crippen molar-refractivity contribution in [3.63, 3.8) is 0 Å². The summed E-state index contributed by atoms with van der Waals surface area (Å²) < 4.78 is 1.64. The van der Waals surface area contributed by atoms with Gasteiger partial charge < -0.3 is 15.5 Å². The van der Waals surface area contributed by atoms with Crippen LogP contribution in [0.25, 0.3) is 5.69 Å². The van der Waals surface area contributed by atoms with E-state index in [0.717, 1.165) is 5.69 Å². The molecule has 2 rings (SSSR count). The lowest BCUT2D eigenvalue weighted by atomic mass is 10.1. The lowest BCUT2D eigenvalue weighted by Gasteiger charge is -2.26. The fourth-order valence-corrected chi connectivity index (χ4v) is 1.72. The SMILES string of the molecule is CC(CO)(CO)NC(=O)c1cncn1-c1ccccc1. The van der Waals surface area contributed by atoms with E-state index in [-0.39, 0.29) is 13.2 Å². The van der Waals surface area contributed by atoms with Crippen LogP contribution in [0.3, 0.4) is 0 Å². The van der Waals surface area contributed by atoms with Gasteiger partial charge >= 0.3 is 0 Å². The van der Waals surface area contributed by atoms with Gasteiger partial charge in [-0.05, 0) is 19.1 Å². The molecule has 6 heteroatoms. The molecule has 6 nitrogen and oxygen atoms in total. The summed E-state index contributed by atoms with van der Waals surface area (Å²) in [5.74, 6) is -0.406. The van der Waals surface area contributed by atoms with E-state index in [1.54, 1.807) is 17.8 Å². The average Bonchev–Trinajstić information content (AvgIpc) is 2.97. The van der Waals surface area contributed by atoms with Gasteiger partial charge in [0.15, 0.2) is 0 Å². The van der Waals surface area contributed by atoms with E-state index in [9.17, 15) is 15.0 Å². The second-order valence-corrected chi connectivity index (χ2v) is 4.82. The molecule has 0 aliphatic carbocycles. The Labute approximate surface area is 116 Å². The van der Waals surface area contributed by atoms with Crippen LogP contribution in [-0.2, 0) is 0 Å². The Bertz CT molecular complexity index is 576. The van der Waals surface area contributed by atoms with Gasteiger partial charge in [-0.3, -0.25) is 9.36 Å². The predicted molar refractivity (Wildman–Crippen MR) is 73.6 cm³/mol. The molecule has 20 heavy (non-hydrogen) atoms. The molecule has 0 aliphatic rings. The van der Waals surface area contributed by atoms with Crippen LogP contribution in [-0.4, -0.2) is 44.4 Å². The molecule has 1 amide bonds. The molecule has 2 aromatic rings. The minimum atomic E-state index is -1.07. The third-order valence-corrected chi connectivity index (χ3v) is 3.02. The van der Waals surface area contributed by atoms with Crippen molar-refractivity contribution in [2.45, 2.75) is 12.5 Å². The molecule has 3 N–H and O–H groups in total. The number of carbonyl (C=O) groups excluding carboxylic acids is 1. The number of aliphatic hydroxyl groups is 2. The molecule has 0 saturated heterocycles. The van der Waals surface area contributed by atoms with Crippen molar-refractivity contribution in [3.05, 3.63) is 48.5 Å². The lowest BCUT2D eigenvalue weighted by molar-refractivity contribution is 0.0718. The number of hydrogen-bond acceptors (Lipinski definition) is 4. The Morgan fingerprint density at radius 1 is 1.30 bits per heavy atom. The second kappa shape index (κ2) is 5.85. The molecule has 0 aliphatic heterocycles. The largest absolute Gasteiger partial charge is 0.394 e. The van der Waals surface area contributed by atoms with Gasteiger partial charge in [0.1, 0.15) is 5.69 Å². The summed E-state index contributed by atoms with van der Waals surface area (Å²) in [4.78, 5) is 16.2. The molecular formula is C14H17N3O3. The molecule has 1 aromatic carbocycles. The van der Waals surface area contributed by atoms with Crippen molar-refractivity contribution >= 4 is 5.91 Å². The summed E-state index contributed by atoms with van der Waals surface area (Å²) in [5, 5.41) is 21.0. The number of benzene rings is 1. The number of hydrogen-bond donors (Lipinski definition) is 3. The van der Waals surface area contributed by atoms with Crippen molar-refractivity contribution in [1.82, 2.24) is 14.9 Å². The molecular weight excluding hydrogens is 258 g/mol. The van der Waals surface area contributed by atoms with Crippen LogP contribution in [0.2, 0.25) is 0 Å². The molecule has 1 aromatic heterocycles. The monoisotopic (exact) mass is 275 g/mol. The van der Waals surface area contributed by atoms with Crippen LogP contribution in [0.4, 0.5) is 0 Å². The first-order chi connectivity index (χ1) is 9.59. The average molecular weight is 275 g/mol. The minimum Gasteiger partial charge on any atom is -0.394 e. The molecule has 106 valence electrons. The van der Waals surface area contributed by atoms with E-state index in [1.165, 1.54) is 6.20 Å². The van der Waals surface area contributed by atoms with Gasteiger partial charge in [-0.15, -0.1) is 0 Å². The number of amides is 1. The Hall–Kier alpha value is -2.18. The lowest BCUT2D eigenvalue weighted by Crippen LogP contribution is -2.52. The van der Waals surface area contributed by atoms with Crippen LogP contribution in [0.5, 0.6) is 0 Å². The highest BCUT2D eigenvalue weighted by molar-refractivity contribution is 5.93. The van der Waals surface area contributed by atoms with Crippen molar-refractivity contribution in [3.8, 4) is 5.69 Å². The zero-order chi connectivity index (χ0) is 14.6. The summed E-state index contributed by atoms with van der Waals surface area (Å²) in [5.41, 5.74) is 0.0808. The third-order valence-electron chi connectivity index (χ3n) is 3.02. The van der Waals surface area contributed by atoms with E-state index in [4.69, 9.17) is 0 Å². The minimum absolute atomic E-state index is 0.337. The van der Waals surface area contributed by atoms with Crippen LogP contribution in [0.15, 0.2) is 42.9 Å². The summed E-state index contributed by atoms with van der Waals surface area (Å²) in [6.45, 7) is 0.859. The van der Waals surface area contributed by atoms with E-state index >= 15 is 0 Å². The van der Waals surface area contributed by atoms with Crippen LogP contribution >= 0.6 is 0 Å². The number of para-hydroxylation sites is 1. The maximum atomic E-state index is 12.2. The Balaban J connectivity index is 2.27. The first-order valence-corrected chi connectivity index (χ1v) is 6.21. The van der Waals surface area contributed by atoms with E-state index in [1.807, 2.05) is 30.3 Å². The fourth-order valence-electron chi connectivity index (χ4n) is 1.72. The van der Waals surface area contributed by atoms with E-state index in [2.05, 4.69) is 10.3 Å². The summed E-state index contributed by atoms with van der Waals surface area (Å²) in [6.07, 6.45) is 2.98. The number of imidazole rings is 1. The fraction of sp³-hybridized carbons (Fsp3) is 0.286. The Morgan fingerprint density at radius 3 is 2.55 bits per heavy atom. The quantitative estimate of drug-likeness (QED) is 0.734. The van der Waals surface area contributed by atoms with Crippen LogP contribution in [0, 0.1) is 0 Å². The molecule has 0 bridgehead atoms. The number of aliphatic hydroxyl groups excluding tert-OH is 2.